The maximum absolute atomic E-state index is 12.7. The Kier molecular flexibility index (Phi) is 3.97. The Morgan fingerprint density at radius 2 is 1.95 bits per heavy atom. The smallest absolute Gasteiger partial charge is 0.246 e. The number of nitrogens with zero attached hydrogens (tertiary/aromatic N) is 5. The summed E-state index contributed by atoms with van der Waals surface area (Å²) in [6.45, 7) is 7.87. The van der Waals surface area contributed by atoms with E-state index in [2.05, 4.69) is 20.7 Å². The highest BCUT2D eigenvalue weighted by molar-refractivity contribution is 5.97. The van der Waals surface area contributed by atoms with Gasteiger partial charge >= 0.3 is 0 Å². The molecule has 1 aromatic rings. The lowest BCUT2D eigenvalue weighted by atomic mass is 9.83. The lowest BCUT2D eigenvalue weighted by molar-refractivity contribution is -0.153. The average Bonchev–Trinajstić information content (AvgIpc) is 2.78. The van der Waals surface area contributed by atoms with Crippen LogP contribution in [0, 0.1) is 5.41 Å². The van der Waals surface area contributed by atoms with Crippen LogP contribution in [0.5, 0.6) is 0 Å². The van der Waals surface area contributed by atoms with Crippen molar-refractivity contribution in [1.29, 1.82) is 0 Å². The molecule has 2 amide bonds. The van der Waals surface area contributed by atoms with Crippen LogP contribution in [-0.2, 0) is 23.2 Å². The van der Waals surface area contributed by atoms with Crippen LogP contribution in [0.15, 0.2) is 0 Å². The second-order valence-corrected chi connectivity index (χ2v) is 6.39. The van der Waals surface area contributed by atoms with E-state index in [1.807, 2.05) is 27.7 Å². The van der Waals surface area contributed by atoms with Crippen LogP contribution < -0.4 is 5.32 Å². The molecule has 1 saturated heterocycles. The highest BCUT2D eigenvalue weighted by atomic mass is 16.2. The number of aryl methyl sites for hydroxylation is 1. The maximum Gasteiger partial charge on any atom is 0.246 e. The Labute approximate surface area is 123 Å². The Morgan fingerprint density at radius 3 is 2.43 bits per heavy atom. The van der Waals surface area contributed by atoms with Crippen LogP contribution in [0.25, 0.3) is 0 Å². The number of tetrazole rings is 1. The van der Waals surface area contributed by atoms with E-state index in [1.54, 1.807) is 11.9 Å². The predicted octanol–water partition coefficient (Wildman–Crippen LogP) is -0.138. The molecule has 2 rings (SSSR count). The molecular formula is C13H22N6O2. The van der Waals surface area contributed by atoms with Crippen molar-refractivity contribution in [3.63, 3.8) is 0 Å². The molecule has 1 fully saturated rings. The van der Waals surface area contributed by atoms with E-state index >= 15 is 0 Å². The van der Waals surface area contributed by atoms with Crippen molar-refractivity contribution in [2.45, 2.75) is 52.7 Å². The molecule has 2 unspecified atom stereocenters. The zero-order valence-electron chi connectivity index (χ0n) is 13.1. The number of hydrogen-bond donors (Lipinski definition) is 1. The first-order chi connectivity index (χ1) is 9.74. The Hall–Kier alpha value is -1.99. The lowest BCUT2D eigenvalue weighted by Crippen LogP contribution is -2.66. The monoisotopic (exact) mass is 294 g/mol. The van der Waals surface area contributed by atoms with Crippen molar-refractivity contribution in [3.8, 4) is 0 Å². The molecule has 0 aliphatic carbocycles. The third-order valence-corrected chi connectivity index (χ3v) is 3.61. The van der Waals surface area contributed by atoms with Gasteiger partial charge in [-0.05, 0) is 17.0 Å². The van der Waals surface area contributed by atoms with E-state index in [9.17, 15) is 9.59 Å². The first-order valence-electron chi connectivity index (χ1n) is 7.07. The quantitative estimate of drug-likeness (QED) is 0.837. The van der Waals surface area contributed by atoms with Gasteiger partial charge in [0.25, 0.3) is 0 Å². The fraction of sp³-hybridized carbons (Fsp3) is 0.769. The summed E-state index contributed by atoms with van der Waals surface area (Å²) < 4.78 is 0. The zero-order chi connectivity index (χ0) is 15.8. The van der Waals surface area contributed by atoms with E-state index in [-0.39, 0.29) is 23.8 Å². The molecule has 0 saturated carbocycles. The number of carbonyl (C=O) groups is 2. The van der Waals surface area contributed by atoms with Crippen LogP contribution in [-0.4, -0.2) is 49.0 Å². The van der Waals surface area contributed by atoms with Gasteiger partial charge in [-0.3, -0.25) is 9.59 Å². The Bertz CT molecular complexity index is 547. The molecule has 0 radical (unpaired) electrons. The summed E-state index contributed by atoms with van der Waals surface area (Å²) in [6.07, 6.45) is 0.550. The summed E-state index contributed by atoms with van der Waals surface area (Å²) in [7, 11) is 1.66. The zero-order valence-corrected chi connectivity index (χ0v) is 13.1. The summed E-state index contributed by atoms with van der Waals surface area (Å²) in [5.41, 5.74) is -0.348. The highest BCUT2D eigenvalue weighted by Gasteiger charge is 2.44. The fourth-order valence-corrected chi connectivity index (χ4v) is 2.48. The molecule has 0 bridgehead atoms. The second-order valence-electron chi connectivity index (χ2n) is 6.39. The fourth-order valence-electron chi connectivity index (χ4n) is 2.48. The molecule has 1 aromatic heterocycles. The van der Waals surface area contributed by atoms with Gasteiger partial charge in [-0.15, -0.1) is 10.2 Å². The normalized spacial score (nSPS) is 23.4. The van der Waals surface area contributed by atoms with E-state index in [4.69, 9.17) is 0 Å². The minimum absolute atomic E-state index is 0.0959. The number of hydrogen-bond acceptors (Lipinski definition) is 5. The average molecular weight is 294 g/mol. The number of piperazine rings is 1. The summed E-state index contributed by atoms with van der Waals surface area (Å²) in [6, 6.07) is -1.02. The standard InChI is InChI=1S/C13H22N6O2/c1-6-8-11(20)14-10(13(2,3)4)12(21)19(8)7-9-15-17-18(5)16-9/h8,10H,6-7H2,1-5H3,(H,14,20). The third kappa shape index (κ3) is 3.03. The minimum Gasteiger partial charge on any atom is -0.342 e. The predicted molar refractivity (Wildman–Crippen MR) is 74.8 cm³/mol. The molecule has 8 nitrogen and oxygen atoms in total. The topological polar surface area (TPSA) is 93.0 Å². The molecule has 0 aromatic carbocycles. The largest absolute Gasteiger partial charge is 0.342 e. The van der Waals surface area contributed by atoms with Gasteiger partial charge in [-0.25, -0.2) is 0 Å². The molecule has 2 atom stereocenters. The van der Waals surface area contributed by atoms with Crippen LogP contribution in [0.1, 0.15) is 39.9 Å². The molecule has 1 aliphatic heterocycles. The minimum atomic E-state index is -0.538. The van der Waals surface area contributed by atoms with E-state index in [0.717, 1.165) is 0 Å². The van der Waals surface area contributed by atoms with Gasteiger partial charge in [-0.2, -0.15) is 4.80 Å². The third-order valence-electron chi connectivity index (χ3n) is 3.61. The van der Waals surface area contributed by atoms with Crippen LogP contribution in [0.3, 0.4) is 0 Å². The van der Waals surface area contributed by atoms with Gasteiger partial charge in [-0.1, -0.05) is 27.7 Å². The Morgan fingerprint density at radius 1 is 1.29 bits per heavy atom. The van der Waals surface area contributed by atoms with Crippen molar-refractivity contribution in [2.24, 2.45) is 12.5 Å². The van der Waals surface area contributed by atoms with Crippen LogP contribution >= 0.6 is 0 Å². The summed E-state index contributed by atoms with van der Waals surface area (Å²) in [5.74, 6) is 0.217. The number of nitrogens with one attached hydrogen (secondary N) is 1. The molecule has 0 spiro atoms. The van der Waals surface area contributed by atoms with Crippen LogP contribution in [0.2, 0.25) is 0 Å². The highest BCUT2D eigenvalue weighted by Crippen LogP contribution is 2.26. The number of carbonyl (C=O) groups excluding carboxylic acids is 2. The molecule has 1 N–H and O–H groups in total. The molecular weight excluding hydrogens is 272 g/mol. The van der Waals surface area contributed by atoms with Gasteiger partial charge in [0.1, 0.15) is 12.1 Å². The first-order valence-corrected chi connectivity index (χ1v) is 7.07. The lowest BCUT2D eigenvalue weighted by Gasteiger charge is -2.42. The van der Waals surface area contributed by atoms with Crippen molar-refractivity contribution in [2.75, 3.05) is 0 Å². The molecule has 1 aliphatic rings. The Balaban J connectivity index is 2.28. The van der Waals surface area contributed by atoms with Gasteiger partial charge in [0.15, 0.2) is 5.82 Å². The maximum atomic E-state index is 12.7. The van der Waals surface area contributed by atoms with Crippen molar-refractivity contribution in [3.05, 3.63) is 5.82 Å². The second kappa shape index (κ2) is 5.42. The molecule has 116 valence electrons. The van der Waals surface area contributed by atoms with E-state index in [1.165, 1.54) is 4.80 Å². The number of amides is 2. The molecule has 8 heteroatoms. The summed E-state index contributed by atoms with van der Waals surface area (Å²) in [4.78, 5) is 27.9. The van der Waals surface area contributed by atoms with Crippen molar-refractivity contribution in [1.82, 2.24) is 30.4 Å². The summed E-state index contributed by atoms with van der Waals surface area (Å²) >= 11 is 0. The van der Waals surface area contributed by atoms with Gasteiger partial charge in [0, 0.05) is 0 Å². The van der Waals surface area contributed by atoms with E-state index in [0.29, 0.717) is 12.2 Å². The molecule has 21 heavy (non-hydrogen) atoms. The van der Waals surface area contributed by atoms with Gasteiger partial charge < -0.3 is 10.2 Å². The first kappa shape index (κ1) is 15.4. The number of aromatic nitrogens is 4. The number of rotatable bonds is 3. The molecule has 2 heterocycles. The summed E-state index contributed by atoms with van der Waals surface area (Å²) in [5, 5.41) is 14.6. The van der Waals surface area contributed by atoms with Crippen molar-refractivity contribution >= 4 is 11.8 Å². The van der Waals surface area contributed by atoms with Crippen LogP contribution in [0.4, 0.5) is 0 Å². The van der Waals surface area contributed by atoms with Gasteiger partial charge in [0.2, 0.25) is 11.8 Å². The van der Waals surface area contributed by atoms with Gasteiger partial charge in [0.05, 0.1) is 13.6 Å². The SMILES string of the molecule is CCC1C(=O)NC(C(C)(C)C)C(=O)N1Cc1nnn(C)n1. The van der Waals surface area contributed by atoms with Crippen molar-refractivity contribution < 1.29 is 9.59 Å². The van der Waals surface area contributed by atoms with E-state index < -0.39 is 12.1 Å².